The molecule has 5 rings (SSSR count). The zero-order valence-electron chi connectivity index (χ0n) is 16.5. The van der Waals surface area contributed by atoms with Gasteiger partial charge in [0.25, 0.3) is 0 Å². The van der Waals surface area contributed by atoms with Crippen LogP contribution in [0.3, 0.4) is 0 Å². The largest absolute Gasteiger partial charge is 0.392 e. The van der Waals surface area contributed by atoms with Crippen molar-refractivity contribution in [3.8, 4) is 0 Å². The van der Waals surface area contributed by atoms with E-state index in [0.717, 1.165) is 42.6 Å². The van der Waals surface area contributed by atoms with E-state index in [-0.39, 0.29) is 11.5 Å². The Hall–Kier alpha value is -0.120. The molecule has 0 aromatic rings. The van der Waals surface area contributed by atoms with Gasteiger partial charge in [-0.05, 0) is 100 Å². The Morgan fingerprint density at radius 2 is 1.76 bits per heavy atom. The molecule has 4 saturated carbocycles. The van der Waals surface area contributed by atoms with Crippen LogP contribution >= 0.6 is 0 Å². The molecule has 0 amide bonds. The van der Waals surface area contributed by atoms with Gasteiger partial charge in [0.05, 0.1) is 6.10 Å². The lowest BCUT2D eigenvalue weighted by Gasteiger charge is -2.62. The minimum absolute atomic E-state index is 0.0789. The van der Waals surface area contributed by atoms with Crippen LogP contribution in [-0.2, 0) is 0 Å². The Labute approximate surface area is 153 Å². The zero-order valence-corrected chi connectivity index (χ0v) is 16.5. The third-order valence-corrected chi connectivity index (χ3v) is 10.4. The van der Waals surface area contributed by atoms with Crippen molar-refractivity contribution in [3.63, 3.8) is 0 Å². The number of likely N-dealkylation sites (tertiary alicyclic amines) is 1. The van der Waals surface area contributed by atoms with Crippen molar-refractivity contribution in [2.45, 2.75) is 83.4 Å². The molecule has 25 heavy (non-hydrogen) atoms. The predicted octanol–water partition coefficient (Wildman–Crippen LogP) is 3.26. The molecule has 0 aromatic carbocycles. The normalized spacial score (nSPS) is 61.3. The fourth-order valence-corrected chi connectivity index (χ4v) is 9.05. The van der Waals surface area contributed by atoms with E-state index < -0.39 is 0 Å². The summed E-state index contributed by atoms with van der Waals surface area (Å²) in [5.74, 6) is 3.91. The van der Waals surface area contributed by atoms with Gasteiger partial charge in [-0.15, -0.1) is 0 Å². The molecule has 0 bridgehead atoms. The summed E-state index contributed by atoms with van der Waals surface area (Å²) >= 11 is 0. The molecule has 5 aliphatic rings. The number of fused-ring (bicyclic) bond motifs is 4. The highest BCUT2D eigenvalue weighted by Crippen LogP contribution is 2.69. The predicted molar refractivity (Wildman–Crippen MR) is 101 cm³/mol. The number of nitrogens with zero attached hydrogens (tertiary/aromatic N) is 1. The van der Waals surface area contributed by atoms with Crippen LogP contribution in [0.15, 0.2) is 0 Å². The van der Waals surface area contributed by atoms with Crippen molar-refractivity contribution in [2.75, 3.05) is 13.6 Å². The maximum absolute atomic E-state index is 11.5. The number of aliphatic hydroxyl groups is 1. The smallest absolute Gasteiger partial charge is 0.0617 e. The highest BCUT2D eigenvalue weighted by molar-refractivity contribution is 5.18. The SMILES string of the molecule is C[C@H]1[C@H]2CC[C@H]3[C@@H]4CC[C@H]5C[C@@H](N)CC[C@]5(C)[C@H]4C[C@@H](O)[C@]23CN1C. The van der Waals surface area contributed by atoms with E-state index >= 15 is 0 Å². The number of aliphatic hydroxyl groups excluding tert-OH is 1. The maximum Gasteiger partial charge on any atom is 0.0617 e. The number of rotatable bonds is 0. The molecule has 3 nitrogen and oxygen atoms in total. The molecule has 4 aliphatic carbocycles. The first-order chi connectivity index (χ1) is 11.9. The molecule has 142 valence electrons. The van der Waals surface area contributed by atoms with Gasteiger partial charge in [-0.2, -0.15) is 0 Å². The fourth-order valence-electron chi connectivity index (χ4n) is 9.05. The van der Waals surface area contributed by atoms with Gasteiger partial charge in [0.15, 0.2) is 0 Å². The Balaban J connectivity index is 1.49. The average molecular weight is 347 g/mol. The molecule has 1 saturated heterocycles. The summed E-state index contributed by atoms with van der Waals surface area (Å²) in [6, 6.07) is 1.07. The van der Waals surface area contributed by atoms with Crippen LogP contribution in [0, 0.1) is 40.4 Å². The quantitative estimate of drug-likeness (QED) is 0.708. The van der Waals surface area contributed by atoms with Gasteiger partial charge in [0.1, 0.15) is 0 Å². The summed E-state index contributed by atoms with van der Waals surface area (Å²) < 4.78 is 0. The first-order valence-corrected chi connectivity index (χ1v) is 11.0. The van der Waals surface area contributed by atoms with Crippen LogP contribution in [-0.4, -0.2) is 41.8 Å². The third kappa shape index (κ3) is 2.04. The summed E-state index contributed by atoms with van der Waals surface area (Å²) in [4.78, 5) is 2.55. The van der Waals surface area contributed by atoms with E-state index in [1.807, 2.05) is 0 Å². The minimum Gasteiger partial charge on any atom is -0.392 e. The van der Waals surface area contributed by atoms with Crippen molar-refractivity contribution in [1.82, 2.24) is 4.90 Å². The van der Waals surface area contributed by atoms with Gasteiger partial charge >= 0.3 is 0 Å². The van der Waals surface area contributed by atoms with Crippen molar-refractivity contribution in [2.24, 2.45) is 46.2 Å². The van der Waals surface area contributed by atoms with Crippen LogP contribution in [0.1, 0.15) is 65.2 Å². The van der Waals surface area contributed by atoms with Crippen LogP contribution in [0.2, 0.25) is 0 Å². The highest BCUT2D eigenvalue weighted by atomic mass is 16.3. The second-order valence-electron chi connectivity index (χ2n) is 10.9. The molecular formula is C22H38N2O. The van der Waals surface area contributed by atoms with E-state index in [2.05, 4.69) is 25.8 Å². The van der Waals surface area contributed by atoms with Gasteiger partial charge in [0, 0.05) is 24.0 Å². The second-order valence-corrected chi connectivity index (χ2v) is 10.9. The van der Waals surface area contributed by atoms with Crippen LogP contribution in [0.25, 0.3) is 0 Å². The van der Waals surface area contributed by atoms with Gasteiger partial charge in [-0.3, -0.25) is 0 Å². The van der Waals surface area contributed by atoms with Crippen LogP contribution in [0.4, 0.5) is 0 Å². The molecule has 5 fully saturated rings. The molecule has 0 radical (unpaired) electrons. The molecule has 10 atom stereocenters. The van der Waals surface area contributed by atoms with E-state index in [4.69, 9.17) is 5.73 Å². The molecule has 0 unspecified atom stereocenters. The van der Waals surface area contributed by atoms with Crippen LogP contribution < -0.4 is 5.73 Å². The number of nitrogens with two attached hydrogens (primary N) is 1. The summed E-state index contributed by atoms with van der Waals surface area (Å²) in [5, 5.41) is 11.5. The Morgan fingerprint density at radius 1 is 1.00 bits per heavy atom. The Bertz CT molecular complexity index is 552. The maximum atomic E-state index is 11.5. The highest BCUT2D eigenvalue weighted by Gasteiger charge is 2.68. The van der Waals surface area contributed by atoms with Gasteiger partial charge in [0.2, 0.25) is 0 Å². The van der Waals surface area contributed by atoms with E-state index in [0.29, 0.717) is 17.5 Å². The van der Waals surface area contributed by atoms with E-state index in [1.54, 1.807) is 0 Å². The van der Waals surface area contributed by atoms with Crippen molar-refractivity contribution >= 4 is 0 Å². The van der Waals surface area contributed by atoms with E-state index in [9.17, 15) is 5.11 Å². The Kier molecular flexibility index (Phi) is 3.71. The Morgan fingerprint density at radius 3 is 2.56 bits per heavy atom. The molecular weight excluding hydrogens is 308 g/mol. The van der Waals surface area contributed by atoms with Gasteiger partial charge in [-0.1, -0.05) is 6.92 Å². The minimum atomic E-state index is -0.0789. The van der Waals surface area contributed by atoms with Gasteiger partial charge in [-0.25, -0.2) is 0 Å². The average Bonchev–Trinajstić information content (AvgIpc) is 3.06. The molecule has 0 aromatic heterocycles. The molecule has 1 heterocycles. The third-order valence-electron chi connectivity index (χ3n) is 10.4. The molecule has 1 aliphatic heterocycles. The topological polar surface area (TPSA) is 49.5 Å². The first kappa shape index (κ1) is 17.0. The molecule has 3 heteroatoms. The lowest BCUT2D eigenvalue weighted by atomic mass is 9.44. The van der Waals surface area contributed by atoms with Gasteiger partial charge < -0.3 is 15.7 Å². The van der Waals surface area contributed by atoms with Crippen molar-refractivity contribution in [1.29, 1.82) is 0 Å². The standard InChI is InChI=1S/C22H38N2O/c1-13-17-6-7-18-16-5-4-14-10-15(23)8-9-21(14,2)19(16)11-20(25)22(17,18)12-24(13)3/h13-20,25H,4-12,23H2,1-3H3/t13-,14-,15-,16-,17+,18-,19-,20+,21-,22+/m0/s1. The zero-order chi connectivity index (χ0) is 17.6. The van der Waals surface area contributed by atoms with Crippen molar-refractivity contribution in [3.05, 3.63) is 0 Å². The number of hydrogen-bond donors (Lipinski definition) is 2. The summed E-state index contributed by atoms with van der Waals surface area (Å²) in [7, 11) is 2.29. The first-order valence-electron chi connectivity index (χ1n) is 11.0. The fraction of sp³-hybridized carbons (Fsp3) is 1.00. The number of hydrogen-bond acceptors (Lipinski definition) is 3. The molecule has 1 spiro atoms. The lowest BCUT2D eigenvalue weighted by molar-refractivity contribution is -0.162. The second kappa shape index (κ2) is 5.45. The summed E-state index contributed by atoms with van der Waals surface area (Å²) in [5.41, 5.74) is 6.98. The van der Waals surface area contributed by atoms with Crippen molar-refractivity contribution < 1.29 is 5.11 Å². The van der Waals surface area contributed by atoms with E-state index in [1.165, 1.54) is 44.9 Å². The lowest BCUT2D eigenvalue weighted by Crippen LogP contribution is -2.60. The summed E-state index contributed by atoms with van der Waals surface area (Å²) in [6.07, 6.45) is 10.2. The monoisotopic (exact) mass is 346 g/mol. The van der Waals surface area contributed by atoms with Crippen LogP contribution in [0.5, 0.6) is 0 Å². The molecule has 3 N–H and O–H groups in total. The summed E-state index contributed by atoms with van der Waals surface area (Å²) in [6.45, 7) is 6.11.